The lowest BCUT2D eigenvalue weighted by Crippen LogP contribution is -2.55. The molecule has 1 atom stereocenters. The lowest BCUT2D eigenvalue weighted by atomic mass is 9.71. The molecule has 2 heterocycles. The molecule has 5 heteroatoms. The van der Waals surface area contributed by atoms with Crippen LogP contribution >= 0.6 is 0 Å². The van der Waals surface area contributed by atoms with Crippen LogP contribution in [0.3, 0.4) is 0 Å². The highest BCUT2D eigenvalue weighted by atomic mass is 16.5. The van der Waals surface area contributed by atoms with E-state index in [2.05, 4.69) is 11.9 Å². The Morgan fingerprint density at radius 1 is 1.24 bits per heavy atom. The summed E-state index contributed by atoms with van der Waals surface area (Å²) < 4.78 is 5.49. The molecule has 0 saturated carbocycles. The fourth-order valence-electron chi connectivity index (χ4n) is 3.82. The van der Waals surface area contributed by atoms with Gasteiger partial charge in [-0.05, 0) is 37.3 Å². The molecule has 0 radical (unpaired) electrons. The van der Waals surface area contributed by atoms with Crippen LogP contribution in [0, 0.1) is 0 Å². The summed E-state index contributed by atoms with van der Waals surface area (Å²) in [6.07, 6.45) is 4.52. The van der Waals surface area contributed by atoms with Crippen molar-refractivity contribution in [2.75, 3.05) is 26.3 Å². The molecule has 5 nitrogen and oxygen atoms in total. The number of nitrogens with one attached hydrogen (secondary N) is 1. The van der Waals surface area contributed by atoms with Crippen molar-refractivity contribution in [2.24, 2.45) is 0 Å². The highest BCUT2D eigenvalue weighted by Gasteiger charge is 2.44. The number of carbonyl (C=O) groups is 2. The van der Waals surface area contributed by atoms with E-state index in [9.17, 15) is 9.59 Å². The van der Waals surface area contributed by atoms with E-state index in [1.165, 1.54) is 6.08 Å². The molecule has 0 aromatic heterocycles. The van der Waals surface area contributed by atoms with Crippen molar-refractivity contribution in [3.63, 3.8) is 0 Å². The van der Waals surface area contributed by atoms with Gasteiger partial charge < -0.3 is 15.0 Å². The number of carbonyl (C=O) groups excluding carboxylic acids is 2. The van der Waals surface area contributed by atoms with Crippen LogP contribution < -0.4 is 5.32 Å². The first-order valence-corrected chi connectivity index (χ1v) is 9.01. The molecule has 2 amide bonds. The topological polar surface area (TPSA) is 58.6 Å². The number of ether oxygens (including phenoxy) is 1. The zero-order chi connectivity index (χ0) is 17.7. The quantitative estimate of drug-likeness (QED) is 0.852. The van der Waals surface area contributed by atoms with Crippen LogP contribution in [-0.4, -0.2) is 49.1 Å². The zero-order valence-electron chi connectivity index (χ0n) is 14.6. The van der Waals surface area contributed by atoms with Crippen molar-refractivity contribution in [3.8, 4) is 0 Å². The maximum atomic E-state index is 13.2. The van der Waals surface area contributed by atoms with Gasteiger partial charge in [0.1, 0.15) is 0 Å². The summed E-state index contributed by atoms with van der Waals surface area (Å²) in [7, 11) is 0. The molecule has 3 rings (SSSR count). The van der Waals surface area contributed by atoms with E-state index in [0.29, 0.717) is 32.5 Å². The molecule has 25 heavy (non-hydrogen) atoms. The smallest absolute Gasteiger partial charge is 0.245 e. The van der Waals surface area contributed by atoms with Gasteiger partial charge >= 0.3 is 0 Å². The van der Waals surface area contributed by atoms with Gasteiger partial charge in [0.15, 0.2) is 0 Å². The number of hydrogen-bond acceptors (Lipinski definition) is 3. The summed E-state index contributed by atoms with van der Waals surface area (Å²) in [5.74, 6) is -0.0114. The van der Waals surface area contributed by atoms with Crippen LogP contribution in [-0.2, 0) is 19.7 Å². The van der Waals surface area contributed by atoms with E-state index in [-0.39, 0.29) is 17.9 Å². The summed E-state index contributed by atoms with van der Waals surface area (Å²) in [5, 5.41) is 3.20. The molecule has 2 fully saturated rings. The third kappa shape index (κ3) is 3.76. The van der Waals surface area contributed by atoms with Crippen molar-refractivity contribution in [3.05, 3.63) is 48.6 Å². The van der Waals surface area contributed by atoms with E-state index < -0.39 is 5.41 Å². The predicted molar refractivity (Wildman–Crippen MR) is 96.1 cm³/mol. The first-order chi connectivity index (χ1) is 12.2. The minimum atomic E-state index is -0.587. The molecule has 2 saturated heterocycles. The summed E-state index contributed by atoms with van der Waals surface area (Å²) >= 11 is 0. The molecular weight excluding hydrogens is 316 g/mol. The van der Waals surface area contributed by atoms with Crippen molar-refractivity contribution in [1.29, 1.82) is 0 Å². The third-order valence-corrected chi connectivity index (χ3v) is 5.36. The van der Waals surface area contributed by atoms with Crippen molar-refractivity contribution < 1.29 is 14.3 Å². The van der Waals surface area contributed by atoms with Gasteiger partial charge in [0, 0.05) is 19.7 Å². The van der Waals surface area contributed by atoms with Crippen LogP contribution in [0.4, 0.5) is 0 Å². The third-order valence-electron chi connectivity index (χ3n) is 5.36. The number of piperidine rings is 1. The Bertz CT molecular complexity index is 615. The van der Waals surface area contributed by atoms with Gasteiger partial charge in [0.05, 0.1) is 18.1 Å². The Kier molecular flexibility index (Phi) is 5.53. The van der Waals surface area contributed by atoms with E-state index >= 15 is 0 Å². The first kappa shape index (κ1) is 17.7. The molecule has 134 valence electrons. The largest absolute Gasteiger partial charge is 0.379 e. The molecule has 1 N–H and O–H groups in total. The highest BCUT2D eigenvalue weighted by molar-refractivity contribution is 5.90. The van der Waals surface area contributed by atoms with Gasteiger partial charge in [0.25, 0.3) is 0 Å². The predicted octanol–water partition coefficient (Wildman–Crippen LogP) is 2.03. The Hall–Kier alpha value is -2.14. The van der Waals surface area contributed by atoms with Gasteiger partial charge in [-0.15, -0.1) is 0 Å². The average Bonchev–Trinajstić information content (AvgIpc) is 2.69. The SMILES string of the molecule is C=CC(=O)N1CCC(C(=O)NC2CCCOC2)(c2ccccc2)CC1. The lowest BCUT2D eigenvalue weighted by molar-refractivity contribution is -0.134. The molecule has 0 spiro atoms. The first-order valence-electron chi connectivity index (χ1n) is 9.01. The Labute approximate surface area is 149 Å². The molecule has 0 aliphatic carbocycles. The second kappa shape index (κ2) is 7.83. The standard InChI is InChI=1S/C20H26N2O3/c1-2-18(23)22-12-10-20(11-13-22,16-7-4-3-5-8-16)19(24)21-17-9-6-14-25-15-17/h2-5,7-8,17H,1,6,9-15H2,(H,21,24). The fourth-order valence-corrected chi connectivity index (χ4v) is 3.82. The number of amides is 2. The number of hydrogen-bond donors (Lipinski definition) is 1. The number of likely N-dealkylation sites (tertiary alicyclic amines) is 1. The molecule has 2 aliphatic rings. The van der Waals surface area contributed by atoms with Gasteiger partial charge in [-0.1, -0.05) is 36.9 Å². The number of rotatable bonds is 4. The van der Waals surface area contributed by atoms with Crippen molar-refractivity contribution in [1.82, 2.24) is 10.2 Å². The van der Waals surface area contributed by atoms with Crippen molar-refractivity contribution >= 4 is 11.8 Å². The summed E-state index contributed by atoms with van der Waals surface area (Å²) in [6, 6.07) is 10.0. The van der Waals surface area contributed by atoms with Crippen LogP contribution in [0.2, 0.25) is 0 Å². The minimum Gasteiger partial charge on any atom is -0.379 e. The van der Waals surface area contributed by atoms with Crippen LogP contribution in [0.1, 0.15) is 31.2 Å². The van der Waals surface area contributed by atoms with E-state index in [1.54, 1.807) is 4.90 Å². The van der Waals surface area contributed by atoms with Crippen molar-refractivity contribution in [2.45, 2.75) is 37.1 Å². The fraction of sp³-hybridized carbons (Fsp3) is 0.500. The van der Waals surface area contributed by atoms with Gasteiger partial charge in [-0.3, -0.25) is 9.59 Å². The molecule has 1 unspecified atom stereocenters. The number of benzene rings is 1. The molecule has 0 bridgehead atoms. The van der Waals surface area contributed by atoms with E-state index in [4.69, 9.17) is 4.74 Å². The van der Waals surface area contributed by atoms with Gasteiger partial charge in [0.2, 0.25) is 11.8 Å². The summed E-state index contributed by atoms with van der Waals surface area (Å²) in [6.45, 7) is 6.04. The molecule has 1 aromatic carbocycles. The number of nitrogens with zero attached hydrogens (tertiary/aromatic N) is 1. The minimum absolute atomic E-state index is 0.0555. The maximum absolute atomic E-state index is 13.2. The Morgan fingerprint density at radius 2 is 1.96 bits per heavy atom. The van der Waals surface area contributed by atoms with Crippen LogP contribution in [0.5, 0.6) is 0 Å². The summed E-state index contributed by atoms with van der Waals surface area (Å²) in [4.78, 5) is 26.9. The van der Waals surface area contributed by atoms with Gasteiger partial charge in [-0.25, -0.2) is 0 Å². The van der Waals surface area contributed by atoms with E-state index in [1.807, 2.05) is 30.3 Å². The zero-order valence-corrected chi connectivity index (χ0v) is 14.6. The molecule has 1 aromatic rings. The highest BCUT2D eigenvalue weighted by Crippen LogP contribution is 2.36. The maximum Gasteiger partial charge on any atom is 0.245 e. The van der Waals surface area contributed by atoms with E-state index in [0.717, 1.165) is 25.0 Å². The average molecular weight is 342 g/mol. The Balaban J connectivity index is 1.79. The summed E-state index contributed by atoms with van der Waals surface area (Å²) in [5.41, 5.74) is 0.436. The Morgan fingerprint density at radius 3 is 2.56 bits per heavy atom. The van der Waals surface area contributed by atoms with Gasteiger partial charge in [-0.2, -0.15) is 0 Å². The van der Waals surface area contributed by atoms with Crippen LogP contribution in [0.25, 0.3) is 0 Å². The second-order valence-corrected chi connectivity index (χ2v) is 6.87. The molecular formula is C20H26N2O3. The van der Waals surface area contributed by atoms with Crippen LogP contribution in [0.15, 0.2) is 43.0 Å². The normalized spacial score (nSPS) is 22.9. The lowest BCUT2D eigenvalue weighted by Gasteiger charge is -2.41. The molecule has 2 aliphatic heterocycles. The second-order valence-electron chi connectivity index (χ2n) is 6.87. The monoisotopic (exact) mass is 342 g/mol.